The first-order valence-electron chi connectivity index (χ1n) is 6.46. The maximum atomic E-state index is 11.0. The lowest BCUT2D eigenvalue weighted by atomic mass is 9.94. The van der Waals surface area contributed by atoms with E-state index in [0.29, 0.717) is 6.54 Å². The number of aliphatic carboxylic acids is 1. The van der Waals surface area contributed by atoms with Crippen LogP contribution in [0, 0.1) is 5.92 Å². The van der Waals surface area contributed by atoms with Gasteiger partial charge in [-0.25, -0.2) is 0 Å². The first-order chi connectivity index (χ1) is 8.75. The van der Waals surface area contributed by atoms with Crippen LogP contribution in [0.2, 0.25) is 0 Å². The number of nitrogens with one attached hydrogen (secondary N) is 1. The SMILES string of the molecule is O=C(O)C1CNC(c2cccc3c2CCCS3)C1. The predicted molar refractivity (Wildman–Crippen MR) is 72.0 cm³/mol. The van der Waals surface area contributed by atoms with Crippen LogP contribution in [0.4, 0.5) is 0 Å². The minimum atomic E-state index is -0.677. The highest BCUT2D eigenvalue weighted by molar-refractivity contribution is 7.99. The van der Waals surface area contributed by atoms with E-state index in [1.165, 1.54) is 28.2 Å². The van der Waals surface area contributed by atoms with Crippen LogP contribution in [0.3, 0.4) is 0 Å². The van der Waals surface area contributed by atoms with Crippen molar-refractivity contribution >= 4 is 17.7 Å². The summed E-state index contributed by atoms with van der Waals surface area (Å²) >= 11 is 1.92. The maximum Gasteiger partial charge on any atom is 0.307 e. The molecule has 1 saturated heterocycles. The Hall–Kier alpha value is -1.00. The molecule has 0 radical (unpaired) electrons. The van der Waals surface area contributed by atoms with Gasteiger partial charge in [-0.15, -0.1) is 11.8 Å². The first-order valence-corrected chi connectivity index (χ1v) is 7.45. The Bertz CT molecular complexity index is 475. The molecule has 3 nitrogen and oxygen atoms in total. The van der Waals surface area contributed by atoms with Crippen molar-refractivity contribution in [3.63, 3.8) is 0 Å². The highest BCUT2D eigenvalue weighted by Gasteiger charge is 2.31. The maximum absolute atomic E-state index is 11.0. The van der Waals surface area contributed by atoms with Gasteiger partial charge in [-0.05, 0) is 42.2 Å². The number of benzene rings is 1. The fraction of sp³-hybridized carbons (Fsp3) is 0.500. The number of fused-ring (bicyclic) bond motifs is 1. The number of carboxylic acid groups (broad SMARTS) is 1. The molecule has 0 aliphatic carbocycles. The minimum absolute atomic E-state index is 0.222. The monoisotopic (exact) mass is 263 g/mol. The molecule has 2 unspecified atom stereocenters. The van der Waals surface area contributed by atoms with E-state index in [1.54, 1.807) is 0 Å². The van der Waals surface area contributed by atoms with E-state index < -0.39 is 5.97 Å². The average Bonchev–Trinajstić information content (AvgIpc) is 2.87. The molecule has 1 aromatic rings. The van der Waals surface area contributed by atoms with E-state index in [1.807, 2.05) is 11.8 Å². The lowest BCUT2D eigenvalue weighted by Crippen LogP contribution is -2.18. The molecule has 0 saturated carbocycles. The van der Waals surface area contributed by atoms with Crippen LogP contribution in [0.5, 0.6) is 0 Å². The largest absolute Gasteiger partial charge is 0.481 e. The third-order valence-electron chi connectivity index (χ3n) is 3.85. The highest BCUT2D eigenvalue weighted by atomic mass is 32.2. The summed E-state index contributed by atoms with van der Waals surface area (Å²) in [6.07, 6.45) is 3.08. The van der Waals surface area contributed by atoms with Gasteiger partial charge in [0.2, 0.25) is 0 Å². The number of carbonyl (C=O) groups is 1. The number of hydrogen-bond donors (Lipinski definition) is 2. The van der Waals surface area contributed by atoms with Crippen LogP contribution < -0.4 is 5.32 Å². The zero-order valence-electron chi connectivity index (χ0n) is 10.2. The lowest BCUT2D eigenvalue weighted by Gasteiger charge is -2.22. The molecule has 0 amide bonds. The van der Waals surface area contributed by atoms with Crippen LogP contribution in [0.1, 0.15) is 30.0 Å². The molecule has 96 valence electrons. The van der Waals surface area contributed by atoms with Gasteiger partial charge in [0, 0.05) is 17.5 Å². The third-order valence-corrected chi connectivity index (χ3v) is 5.04. The Balaban J connectivity index is 1.87. The summed E-state index contributed by atoms with van der Waals surface area (Å²) in [5, 5.41) is 12.4. The van der Waals surface area contributed by atoms with Crippen LogP contribution in [-0.2, 0) is 11.2 Å². The molecule has 0 bridgehead atoms. The third kappa shape index (κ3) is 2.15. The number of rotatable bonds is 2. The zero-order valence-corrected chi connectivity index (χ0v) is 11.0. The molecule has 2 aliphatic rings. The first kappa shape index (κ1) is 12.1. The second-order valence-corrected chi connectivity index (χ2v) is 6.14. The summed E-state index contributed by atoms with van der Waals surface area (Å²) in [6, 6.07) is 6.67. The smallest absolute Gasteiger partial charge is 0.307 e. The Kier molecular flexibility index (Phi) is 3.31. The van der Waals surface area contributed by atoms with Gasteiger partial charge in [0.1, 0.15) is 0 Å². The molecule has 18 heavy (non-hydrogen) atoms. The number of hydrogen-bond acceptors (Lipinski definition) is 3. The van der Waals surface area contributed by atoms with Crippen molar-refractivity contribution in [2.45, 2.75) is 30.2 Å². The van der Waals surface area contributed by atoms with Gasteiger partial charge in [-0.1, -0.05) is 12.1 Å². The lowest BCUT2D eigenvalue weighted by molar-refractivity contribution is -0.141. The summed E-state index contributed by atoms with van der Waals surface area (Å²) in [4.78, 5) is 12.4. The topological polar surface area (TPSA) is 49.3 Å². The van der Waals surface area contributed by atoms with Crippen LogP contribution in [-0.4, -0.2) is 23.4 Å². The number of thioether (sulfide) groups is 1. The molecule has 1 fully saturated rings. The van der Waals surface area contributed by atoms with E-state index >= 15 is 0 Å². The molecule has 0 aromatic heterocycles. The fourth-order valence-corrected chi connectivity index (χ4v) is 3.98. The molecular weight excluding hydrogens is 246 g/mol. The molecule has 4 heteroatoms. The van der Waals surface area contributed by atoms with Gasteiger partial charge in [-0.3, -0.25) is 4.79 Å². The van der Waals surface area contributed by atoms with Gasteiger partial charge in [0.25, 0.3) is 0 Å². The van der Waals surface area contributed by atoms with Gasteiger partial charge in [0.15, 0.2) is 0 Å². The highest BCUT2D eigenvalue weighted by Crippen LogP contribution is 2.37. The van der Waals surface area contributed by atoms with Crippen LogP contribution in [0.15, 0.2) is 23.1 Å². The summed E-state index contributed by atoms with van der Waals surface area (Å²) in [5.74, 6) is 0.290. The van der Waals surface area contributed by atoms with Crippen molar-refractivity contribution in [2.75, 3.05) is 12.3 Å². The average molecular weight is 263 g/mol. The molecule has 2 N–H and O–H groups in total. The van der Waals surface area contributed by atoms with E-state index in [0.717, 1.165) is 12.8 Å². The molecule has 2 atom stereocenters. The molecule has 0 spiro atoms. The van der Waals surface area contributed by atoms with Gasteiger partial charge < -0.3 is 10.4 Å². The van der Waals surface area contributed by atoms with Crippen LogP contribution in [0.25, 0.3) is 0 Å². The summed E-state index contributed by atoms with van der Waals surface area (Å²) in [7, 11) is 0. The van der Waals surface area contributed by atoms with Crippen LogP contribution >= 0.6 is 11.8 Å². The molecule has 3 rings (SSSR count). The Morgan fingerprint density at radius 3 is 3.11 bits per heavy atom. The van der Waals surface area contributed by atoms with E-state index in [9.17, 15) is 4.79 Å². The van der Waals surface area contributed by atoms with Gasteiger partial charge in [0.05, 0.1) is 5.92 Å². The van der Waals surface area contributed by atoms with E-state index in [4.69, 9.17) is 5.11 Å². The summed E-state index contributed by atoms with van der Waals surface area (Å²) in [6.45, 7) is 0.594. The van der Waals surface area contributed by atoms with Crippen molar-refractivity contribution in [1.82, 2.24) is 5.32 Å². The van der Waals surface area contributed by atoms with Gasteiger partial charge >= 0.3 is 5.97 Å². The van der Waals surface area contributed by atoms with E-state index in [2.05, 4.69) is 23.5 Å². The Morgan fingerprint density at radius 2 is 2.33 bits per heavy atom. The Labute approximate surface area is 111 Å². The predicted octanol–water partition coefficient (Wildman–Crippen LogP) is 2.46. The molecule has 1 aromatic carbocycles. The quantitative estimate of drug-likeness (QED) is 0.860. The number of carboxylic acids is 1. The second-order valence-electron chi connectivity index (χ2n) is 5.01. The molecular formula is C14H17NO2S. The normalized spacial score (nSPS) is 26.9. The zero-order chi connectivity index (χ0) is 12.5. The summed E-state index contributed by atoms with van der Waals surface area (Å²) in [5.41, 5.74) is 2.76. The van der Waals surface area contributed by atoms with Crippen molar-refractivity contribution in [1.29, 1.82) is 0 Å². The fourth-order valence-electron chi connectivity index (χ4n) is 2.90. The van der Waals surface area contributed by atoms with Crippen molar-refractivity contribution in [2.24, 2.45) is 5.92 Å². The molecule has 2 heterocycles. The van der Waals surface area contributed by atoms with Crippen molar-refractivity contribution < 1.29 is 9.90 Å². The van der Waals surface area contributed by atoms with Crippen molar-refractivity contribution in [3.8, 4) is 0 Å². The van der Waals surface area contributed by atoms with Gasteiger partial charge in [-0.2, -0.15) is 0 Å². The van der Waals surface area contributed by atoms with E-state index in [-0.39, 0.29) is 12.0 Å². The Morgan fingerprint density at radius 1 is 1.44 bits per heavy atom. The molecule has 2 aliphatic heterocycles. The standard InChI is InChI=1S/C14H17NO2S/c16-14(17)9-7-12(15-8-9)10-3-1-5-13-11(10)4-2-6-18-13/h1,3,5,9,12,15H,2,4,6-8H2,(H,16,17). The minimum Gasteiger partial charge on any atom is -0.481 e. The summed E-state index contributed by atoms with van der Waals surface area (Å²) < 4.78 is 0. The van der Waals surface area contributed by atoms with Crippen molar-refractivity contribution in [3.05, 3.63) is 29.3 Å². The second kappa shape index (κ2) is 4.94.